The van der Waals surface area contributed by atoms with Crippen molar-refractivity contribution in [1.29, 1.82) is 0 Å². The standard InChI is InChI=1S/C23H19ClN2O3/c1-12-6-9-15(24)11-17(12)25-21(27)16-4-2-3-5-18(16)26-22(28)19-13-7-8-14(10-13)20(19)23(26)29/h2-9,11,13-14,19-20H,10H2,1H3,(H,25,27)/t13-,14+,19-,20-/m0/s1. The SMILES string of the molecule is Cc1ccc(Cl)cc1NC(=O)c1ccccc1N1C(=O)[C@@H]2[C@@H](C1=O)[C@H]1C=C[C@@H]2C1. The molecule has 5 nitrogen and oxygen atoms in total. The number of fused-ring (bicyclic) bond motifs is 5. The van der Waals surface area contributed by atoms with E-state index in [2.05, 4.69) is 17.5 Å². The first-order valence-electron chi connectivity index (χ1n) is 9.68. The second-order valence-electron chi connectivity index (χ2n) is 7.94. The van der Waals surface area contributed by atoms with E-state index < -0.39 is 0 Å². The zero-order valence-corrected chi connectivity index (χ0v) is 16.5. The van der Waals surface area contributed by atoms with Gasteiger partial charge in [-0.2, -0.15) is 0 Å². The first-order valence-corrected chi connectivity index (χ1v) is 10.1. The molecular weight excluding hydrogens is 388 g/mol. The lowest BCUT2D eigenvalue weighted by atomic mass is 9.85. The van der Waals surface area contributed by atoms with E-state index in [0.29, 0.717) is 16.4 Å². The number of hydrogen-bond acceptors (Lipinski definition) is 3. The molecule has 146 valence electrons. The molecule has 0 aromatic heterocycles. The van der Waals surface area contributed by atoms with Crippen molar-refractivity contribution >= 4 is 40.7 Å². The van der Waals surface area contributed by atoms with Crippen molar-refractivity contribution in [2.24, 2.45) is 23.7 Å². The monoisotopic (exact) mass is 406 g/mol. The molecule has 5 rings (SSSR count). The summed E-state index contributed by atoms with van der Waals surface area (Å²) in [6.45, 7) is 1.87. The van der Waals surface area contributed by atoms with Gasteiger partial charge in [0.2, 0.25) is 11.8 Å². The number of carbonyl (C=O) groups is 3. The van der Waals surface area contributed by atoms with Gasteiger partial charge in [-0.15, -0.1) is 0 Å². The van der Waals surface area contributed by atoms with Gasteiger partial charge in [0.25, 0.3) is 5.91 Å². The molecule has 2 aromatic carbocycles. The number of para-hydroxylation sites is 1. The Balaban J connectivity index is 1.49. The lowest BCUT2D eigenvalue weighted by Gasteiger charge is -2.20. The number of hydrogen-bond donors (Lipinski definition) is 1. The fourth-order valence-corrected chi connectivity index (χ4v) is 5.09. The van der Waals surface area contributed by atoms with Crippen LogP contribution >= 0.6 is 11.6 Å². The number of amides is 3. The molecule has 2 bridgehead atoms. The number of imide groups is 1. The Bertz CT molecular complexity index is 1060. The first-order chi connectivity index (χ1) is 14.0. The highest BCUT2D eigenvalue weighted by Gasteiger charge is 2.59. The molecule has 6 heteroatoms. The van der Waals surface area contributed by atoms with Crippen LogP contribution in [0.5, 0.6) is 0 Å². The summed E-state index contributed by atoms with van der Waals surface area (Å²) in [5.74, 6) is -1.13. The molecular formula is C23H19ClN2O3. The smallest absolute Gasteiger partial charge is 0.257 e. The quantitative estimate of drug-likeness (QED) is 0.613. The maximum absolute atomic E-state index is 13.1. The van der Waals surface area contributed by atoms with Crippen molar-refractivity contribution in [2.45, 2.75) is 13.3 Å². The van der Waals surface area contributed by atoms with Crippen LogP contribution in [0.2, 0.25) is 5.02 Å². The number of halogens is 1. The van der Waals surface area contributed by atoms with Crippen LogP contribution in [-0.2, 0) is 9.59 Å². The van der Waals surface area contributed by atoms with E-state index >= 15 is 0 Å². The van der Waals surface area contributed by atoms with Crippen LogP contribution in [0.25, 0.3) is 0 Å². The molecule has 3 amide bonds. The van der Waals surface area contributed by atoms with Crippen molar-refractivity contribution in [1.82, 2.24) is 0 Å². The Morgan fingerprint density at radius 3 is 2.38 bits per heavy atom. The van der Waals surface area contributed by atoms with Crippen LogP contribution in [-0.4, -0.2) is 17.7 Å². The van der Waals surface area contributed by atoms with Gasteiger partial charge in [0.1, 0.15) is 0 Å². The minimum Gasteiger partial charge on any atom is -0.322 e. The van der Waals surface area contributed by atoms with Gasteiger partial charge in [-0.05, 0) is 55.0 Å². The Labute approximate surface area is 173 Å². The van der Waals surface area contributed by atoms with E-state index in [1.54, 1.807) is 36.4 Å². The highest BCUT2D eigenvalue weighted by molar-refractivity contribution is 6.31. The van der Waals surface area contributed by atoms with Crippen molar-refractivity contribution in [3.8, 4) is 0 Å². The van der Waals surface area contributed by atoms with Gasteiger partial charge in [-0.25, -0.2) is 4.90 Å². The van der Waals surface area contributed by atoms with Gasteiger partial charge in [-0.3, -0.25) is 14.4 Å². The van der Waals surface area contributed by atoms with Gasteiger partial charge in [0.05, 0.1) is 23.1 Å². The molecule has 2 aliphatic carbocycles. The minimum absolute atomic E-state index is 0.126. The summed E-state index contributed by atoms with van der Waals surface area (Å²) < 4.78 is 0. The highest BCUT2D eigenvalue weighted by Crippen LogP contribution is 2.53. The lowest BCUT2D eigenvalue weighted by molar-refractivity contribution is -0.123. The molecule has 0 radical (unpaired) electrons. The van der Waals surface area contributed by atoms with Crippen LogP contribution in [0.15, 0.2) is 54.6 Å². The molecule has 1 heterocycles. The summed E-state index contributed by atoms with van der Waals surface area (Å²) in [7, 11) is 0. The molecule has 2 fully saturated rings. The van der Waals surface area contributed by atoms with Crippen LogP contribution in [0.1, 0.15) is 22.3 Å². The predicted octanol–water partition coefficient (Wildman–Crippen LogP) is 4.21. The molecule has 4 atom stereocenters. The molecule has 1 saturated heterocycles. The van der Waals surface area contributed by atoms with Crippen LogP contribution in [0, 0.1) is 30.6 Å². The van der Waals surface area contributed by atoms with Crippen molar-refractivity contribution in [2.75, 3.05) is 10.2 Å². The van der Waals surface area contributed by atoms with Gasteiger partial charge in [0, 0.05) is 10.7 Å². The predicted molar refractivity (Wildman–Crippen MR) is 111 cm³/mol. The van der Waals surface area contributed by atoms with Gasteiger partial charge >= 0.3 is 0 Å². The average molecular weight is 407 g/mol. The number of rotatable bonds is 3. The van der Waals surface area contributed by atoms with E-state index in [0.717, 1.165) is 12.0 Å². The van der Waals surface area contributed by atoms with Gasteiger partial charge < -0.3 is 5.32 Å². The number of allylic oxidation sites excluding steroid dienone is 2. The third-order valence-corrected chi connectivity index (χ3v) is 6.54. The van der Waals surface area contributed by atoms with Crippen LogP contribution in [0.3, 0.4) is 0 Å². The first kappa shape index (κ1) is 18.1. The molecule has 0 unspecified atom stereocenters. The maximum Gasteiger partial charge on any atom is 0.257 e. The fraction of sp³-hybridized carbons (Fsp3) is 0.261. The number of anilines is 2. The largest absolute Gasteiger partial charge is 0.322 e. The van der Waals surface area contributed by atoms with E-state index in [-0.39, 0.29) is 47.0 Å². The third kappa shape index (κ3) is 2.72. The summed E-state index contributed by atoms with van der Waals surface area (Å²) in [5.41, 5.74) is 2.09. The summed E-state index contributed by atoms with van der Waals surface area (Å²) in [6, 6.07) is 12.0. The van der Waals surface area contributed by atoms with E-state index in [1.807, 2.05) is 13.0 Å². The van der Waals surface area contributed by atoms with E-state index in [1.165, 1.54) is 4.90 Å². The second kappa shape index (κ2) is 6.56. The Kier molecular flexibility index (Phi) is 4.10. The topological polar surface area (TPSA) is 66.5 Å². The van der Waals surface area contributed by atoms with E-state index in [4.69, 9.17) is 11.6 Å². The zero-order valence-electron chi connectivity index (χ0n) is 15.8. The molecule has 1 N–H and O–H groups in total. The van der Waals surface area contributed by atoms with Gasteiger partial charge in [-0.1, -0.05) is 42.0 Å². The van der Waals surface area contributed by atoms with Gasteiger partial charge in [0.15, 0.2) is 0 Å². The normalized spacial score (nSPS) is 26.9. The molecule has 2 aromatic rings. The number of nitrogens with one attached hydrogen (secondary N) is 1. The van der Waals surface area contributed by atoms with Crippen LogP contribution in [0.4, 0.5) is 11.4 Å². The number of aryl methyl sites for hydroxylation is 1. The zero-order chi connectivity index (χ0) is 20.3. The van der Waals surface area contributed by atoms with Crippen molar-refractivity contribution < 1.29 is 14.4 Å². The third-order valence-electron chi connectivity index (χ3n) is 6.31. The molecule has 29 heavy (non-hydrogen) atoms. The Morgan fingerprint density at radius 1 is 1.03 bits per heavy atom. The number of benzene rings is 2. The molecule has 1 aliphatic heterocycles. The molecule has 0 spiro atoms. The highest BCUT2D eigenvalue weighted by atomic mass is 35.5. The average Bonchev–Trinajstić information content (AvgIpc) is 3.38. The van der Waals surface area contributed by atoms with Crippen LogP contribution < -0.4 is 10.2 Å². The minimum atomic E-state index is -0.385. The number of carbonyl (C=O) groups excluding carboxylic acids is 3. The maximum atomic E-state index is 13.1. The molecule has 1 saturated carbocycles. The summed E-state index contributed by atoms with van der Waals surface area (Å²) in [6.07, 6.45) is 4.99. The Hall–Kier alpha value is -2.92. The van der Waals surface area contributed by atoms with Crippen molar-refractivity contribution in [3.05, 3.63) is 70.8 Å². The summed E-state index contributed by atoms with van der Waals surface area (Å²) >= 11 is 6.05. The Morgan fingerprint density at radius 2 is 1.69 bits per heavy atom. The molecule has 3 aliphatic rings. The fourth-order valence-electron chi connectivity index (χ4n) is 4.92. The van der Waals surface area contributed by atoms with Crippen molar-refractivity contribution in [3.63, 3.8) is 0 Å². The number of nitrogens with zero attached hydrogens (tertiary/aromatic N) is 1. The lowest BCUT2D eigenvalue weighted by Crippen LogP contribution is -2.34. The summed E-state index contributed by atoms with van der Waals surface area (Å²) in [4.78, 5) is 40.5. The second-order valence-corrected chi connectivity index (χ2v) is 8.38. The van der Waals surface area contributed by atoms with E-state index in [9.17, 15) is 14.4 Å². The summed E-state index contributed by atoms with van der Waals surface area (Å²) in [5, 5.41) is 3.37.